The molecule has 1 heterocycles. The van der Waals surface area contributed by atoms with Crippen molar-refractivity contribution in [3.63, 3.8) is 0 Å². The predicted octanol–water partition coefficient (Wildman–Crippen LogP) is 0.0254. The minimum Gasteiger partial charge on any atom is -0.343 e. The van der Waals surface area contributed by atoms with Crippen molar-refractivity contribution in [3.8, 4) is 0 Å². The van der Waals surface area contributed by atoms with Crippen LogP contribution in [0.1, 0.15) is 15.9 Å². The Balaban J connectivity index is 1.80. The van der Waals surface area contributed by atoms with E-state index in [0.717, 1.165) is 12.0 Å². The molecule has 21 heavy (non-hydrogen) atoms. The average molecular weight is 289 g/mol. The fourth-order valence-corrected chi connectivity index (χ4v) is 2.15. The molecule has 3 amide bonds. The number of amides is 3. The Hall–Kier alpha value is -2.37. The van der Waals surface area contributed by atoms with Gasteiger partial charge < -0.3 is 15.1 Å². The lowest BCUT2D eigenvalue weighted by Crippen LogP contribution is -2.50. The molecule has 0 saturated carbocycles. The maximum atomic E-state index is 12.0. The van der Waals surface area contributed by atoms with E-state index in [4.69, 9.17) is 0 Å². The number of carbonyl (C=O) groups is 3. The molecule has 1 aromatic carbocycles. The monoisotopic (exact) mass is 289 g/mol. The van der Waals surface area contributed by atoms with Crippen LogP contribution in [0, 0.1) is 6.92 Å². The normalized spacial score (nSPS) is 14.7. The summed E-state index contributed by atoms with van der Waals surface area (Å²) in [5.41, 5.74) is 1.62. The van der Waals surface area contributed by atoms with Crippen LogP contribution in [0.5, 0.6) is 0 Å². The lowest BCUT2D eigenvalue weighted by molar-refractivity contribution is -0.134. The second-order valence-corrected chi connectivity index (χ2v) is 5.07. The first kappa shape index (κ1) is 15.0. The van der Waals surface area contributed by atoms with Crippen LogP contribution in [0.2, 0.25) is 0 Å². The van der Waals surface area contributed by atoms with Crippen molar-refractivity contribution in [3.05, 3.63) is 35.4 Å². The van der Waals surface area contributed by atoms with Gasteiger partial charge in [-0.15, -0.1) is 0 Å². The average Bonchev–Trinajstić information content (AvgIpc) is 2.53. The standard InChI is InChI=1S/C15H19N3O3/c1-12-2-4-13(5-3-12)15(21)16-10-14(20)18-8-6-17(11-19)7-9-18/h2-5,11H,6-10H2,1H3,(H,16,21). The highest BCUT2D eigenvalue weighted by Gasteiger charge is 2.20. The minimum atomic E-state index is -0.255. The third-order valence-electron chi connectivity index (χ3n) is 3.53. The molecule has 6 nitrogen and oxygen atoms in total. The number of hydrogen-bond donors (Lipinski definition) is 1. The van der Waals surface area contributed by atoms with E-state index in [0.29, 0.717) is 31.7 Å². The predicted molar refractivity (Wildman–Crippen MR) is 77.7 cm³/mol. The second-order valence-electron chi connectivity index (χ2n) is 5.07. The molecule has 0 bridgehead atoms. The van der Waals surface area contributed by atoms with E-state index >= 15 is 0 Å². The number of rotatable bonds is 4. The van der Waals surface area contributed by atoms with Gasteiger partial charge >= 0.3 is 0 Å². The first-order chi connectivity index (χ1) is 10.1. The summed E-state index contributed by atoms with van der Waals surface area (Å²) in [6.07, 6.45) is 0.793. The number of nitrogens with one attached hydrogen (secondary N) is 1. The molecule has 2 rings (SSSR count). The van der Waals surface area contributed by atoms with E-state index in [9.17, 15) is 14.4 Å². The Kier molecular flexibility index (Phi) is 4.92. The lowest BCUT2D eigenvalue weighted by Gasteiger charge is -2.32. The van der Waals surface area contributed by atoms with E-state index in [1.807, 2.05) is 19.1 Å². The van der Waals surface area contributed by atoms with E-state index < -0.39 is 0 Å². The van der Waals surface area contributed by atoms with Crippen molar-refractivity contribution >= 4 is 18.2 Å². The molecule has 1 N–H and O–H groups in total. The second kappa shape index (κ2) is 6.88. The van der Waals surface area contributed by atoms with Gasteiger partial charge in [0.05, 0.1) is 6.54 Å². The Morgan fingerprint density at radius 3 is 2.33 bits per heavy atom. The number of aryl methyl sites for hydroxylation is 1. The van der Waals surface area contributed by atoms with Gasteiger partial charge in [0.25, 0.3) is 5.91 Å². The first-order valence-corrected chi connectivity index (χ1v) is 6.92. The van der Waals surface area contributed by atoms with E-state index in [1.165, 1.54) is 0 Å². The van der Waals surface area contributed by atoms with Gasteiger partial charge in [0.2, 0.25) is 12.3 Å². The summed E-state index contributed by atoms with van der Waals surface area (Å²) in [4.78, 5) is 37.8. The number of benzene rings is 1. The van der Waals surface area contributed by atoms with Crippen LogP contribution in [0.3, 0.4) is 0 Å². The third-order valence-corrected chi connectivity index (χ3v) is 3.53. The van der Waals surface area contributed by atoms with Crippen LogP contribution in [0.15, 0.2) is 24.3 Å². The van der Waals surface area contributed by atoms with Crippen molar-refractivity contribution in [2.75, 3.05) is 32.7 Å². The molecule has 0 radical (unpaired) electrons. The van der Waals surface area contributed by atoms with Crippen molar-refractivity contribution in [1.82, 2.24) is 15.1 Å². The number of hydrogen-bond acceptors (Lipinski definition) is 3. The molecule has 0 atom stereocenters. The smallest absolute Gasteiger partial charge is 0.251 e. The summed E-state index contributed by atoms with van der Waals surface area (Å²) in [5, 5.41) is 2.63. The topological polar surface area (TPSA) is 69.7 Å². The van der Waals surface area contributed by atoms with Crippen molar-refractivity contribution in [2.24, 2.45) is 0 Å². The zero-order valence-corrected chi connectivity index (χ0v) is 12.0. The number of piperazine rings is 1. The van der Waals surface area contributed by atoms with Crippen molar-refractivity contribution < 1.29 is 14.4 Å². The van der Waals surface area contributed by atoms with Gasteiger partial charge in [0.1, 0.15) is 0 Å². The van der Waals surface area contributed by atoms with E-state index in [2.05, 4.69) is 5.32 Å². The van der Waals surface area contributed by atoms with Gasteiger partial charge in [0, 0.05) is 31.7 Å². The Labute approximate surface area is 123 Å². The molecule has 6 heteroatoms. The molecule has 1 aliphatic rings. The molecule has 1 aliphatic heterocycles. The maximum absolute atomic E-state index is 12.0. The maximum Gasteiger partial charge on any atom is 0.251 e. The molecular formula is C15H19N3O3. The largest absolute Gasteiger partial charge is 0.343 e. The van der Waals surface area contributed by atoms with Crippen LogP contribution in [0.25, 0.3) is 0 Å². The van der Waals surface area contributed by atoms with Gasteiger partial charge in [-0.25, -0.2) is 0 Å². The fraction of sp³-hybridized carbons (Fsp3) is 0.400. The molecule has 1 fully saturated rings. The molecule has 0 spiro atoms. The Morgan fingerprint density at radius 1 is 1.14 bits per heavy atom. The summed E-state index contributed by atoms with van der Waals surface area (Å²) >= 11 is 0. The molecule has 1 aromatic rings. The molecular weight excluding hydrogens is 270 g/mol. The van der Waals surface area contributed by atoms with E-state index in [-0.39, 0.29) is 18.4 Å². The zero-order chi connectivity index (χ0) is 15.2. The Bertz CT molecular complexity index is 519. The Morgan fingerprint density at radius 2 is 1.76 bits per heavy atom. The lowest BCUT2D eigenvalue weighted by atomic mass is 10.1. The van der Waals surface area contributed by atoms with Gasteiger partial charge in [-0.05, 0) is 19.1 Å². The zero-order valence-electron chi connectivity index (χ0n) is 12.0. The number of carbonyl (C=O) groups excluding carboxylic acids is 3. The molecule has 0 unspecified atom stereocenters. The summed E-state index contributed by atoms with van der Waals surface area (Å²) in [6, 6.07) is 7.18. The van der Waals surface area contributed by atoms with Gasteiger partial charge in [-0.1, -0.05) is 17.7 Å². The molecule has 0 aliphatic carbocycles. The summed E-state index contributed by atoms with van der Waals surface area (Å²) in [7, 11) is 0. The van der Waals surface area contributed by atoms with Crippen LogP contribution >= 0.6 is 0 Å². The third kappa shape index (κ3) is 4.05. The van der Waals surface area contributed by atoms with Crippen molar-refractivity contribution in [1.29, 1.82) is 0 Å². The van der Waals surface area contributed by atoms with Crippen LogP contribution in [-0.2, 0) is 9.59 Å². The van der Waals surface area contributed by atoms with Crippen LogP contribution in [-0.4, -0.2) is 60.7 Å². The highest BCUT2D eigenvalue weighted by Crippen LogP contribution is 2.03. The van der Waals surface area contributed by atoms with E-state index in [1.54, 1.807) is 21.9 Å². The summed E-state index contributed by atoms with van der Waals surface area (Å²) in [6.45, 7) is 4.04. The van der Waals surface area contributed by atoms with Gasteiger partial charge in [0.15, 0.2) is 0 Å². The molecule has 0 aromatic heterocycles. The highest BCUT2D eigenvalue weighted by molar-refractivity contribution is 5.96. The van der Waals surface area contributed by atoms with Gasteiger partial charge in [-0.2, -0.15) is 0 Å². The molecule has 1 saturated heterocycles. The SMILES string of the molecule is Cc1ccc(C(=O)NCC(=O)N2CCN(C=O)CC2)cc1. The van der Waals surface area contributed by atoms with Crippen LogP contribution < -0.4 is 5.32 Å². The van der Waals surface area contributed by atoms with Crippen LogP contribution in [0.4, 0.5) is 0 Å². The quantitative estimate of drug-likeness (QED) is 0.795. The van der Waals surface area contributed by atoms with Gasteiger partial charge in [-0.3, -0.25) is 14.4 Å². The summed E-state index contributed by atoms with van der Waals surface area (Å²) in [5.74, 6) is -0.379. The van der Waals surface area contributed by atoms with Crippen molar-refractivity contribution in [2.45, 2.75) is 6.92 Å². The summed E-state index contributed by atoms with van der Waals surface area (Å²) < 4.78 is 0. The highest BCUT2D eigenvalue weighted by atomic mass is 16.2. The number of nitrogens with zero attached hydrogens (tertiary/aromatic N) is 2. The minimum absolute atomic E-state index is 0.0200. The first-order valence-electron chi connectivity index (χ1n) is 6.92. The fourth-order valence-electron chi connectivity index (χ4n) is 2.15. The molecule has 112 valence electrons.